The van der Waals surface area contributed by atoms with Gasteiger partial charge in [-0.05, 0) is 37.9 Å². The zero-order valence-corrected chi connectivity index (χ0v) is 17.8. The van der Waals surface area contributed by atoms with Gasteiger partial charge in [-0.25, -0.2) is 0 Å². The smallest absolute Gasteiger partial charge is 0.193 e. The number of hydrogen-bond acceptors (Lipinski definition) is 3. The van der Waals surface area contributed by atoms with Crippen LogP contribution in [-0.4, -0.2) is 62.2 Å². The van der Waals surface area contributed by atoms with Crippen molar-refractivity contribution in [2.75, 3.05) is 41.8 Å². The first-order valence-corrected chi connectivity index (χ1v) is 9.26. The first kappa shape index (κ1) is 21.1. The van der Waals surface area contributed by atoms with Crippen LogP contribution in [0.5, 0.6) is 5.75 Å². The maximum atomic E-state index is 6.09. The molecule has 0 aliphatic rings. The van der Waals surface area contributed by atoms with Crippen LogP contribution in [0.1, 0.15) is 17.3 Å². The van der Waals surface area contributed by atoms with Crippen molar-refractivity contribution >= 4 is 17.6 Å². The fourth-order valence-electron chi connectivity index (χ4n) is 3.06. The zero-order chi connectivity index (χ0) is 20.0. The lowest BCUT2D eigenvalue weighted by Gasteiger charge is -2.28. The minimum absolute atomic E-state index is 0.190. The van der Waals surface area contributed by atoms with Gasteiger partial charge in [0.05, 0.1) is 24.7 Å². The number of aromatic nitrogens is 1. The number of methoxy groups -OCH3 is 1. The molecule has 0 saturated heterocycles. The van der Waals surface area contributed by atoms with Gasteiger partial charge in [0, 0.05) is 39.6 Å². The van der Waals surface area contributed by atoms with E-state index in [9.17, 15) is 0 Å². The Balaban J connectivity index is 2.06. The summed E-state index contributed by atoms with van der Waals surface area (Å²) in [6.07, 6.45) is 1.91. The molecular formula is C20H30ClN5O. The summed E-state index contributed by atoms with van der Waals surface area (Å²) in [5, 5.41) is 4.23. The molecular weight excluding hydrogens is 362 g/mol. The van der Waals surface area contributed by atoms with Gasteiger partial charge in [0.2, 0.25) is 0 Å². The van der Waals surface area contributed by atoms with E-state index in [1.807, 2.05) is 43.1 Å². The quantitative estimate of drug-likeness (QED) is 0.582. The number of ether oxygens (including phenoxy) is 1. The summed E-state index contributed by atoms with van der Waals surface area (Å²) >= 11 is 6.09. The van der Waals surface area contributed by atoms with Crippen molar-refractivity contribution in [3.63, 3.8) is 0 Å². The standard InChI is InChI=1S/C20H30ClN5O/c1-22-20(26(5)14-17-11-16(21)13-25(17)4)23-12-19(24(2)3)15-8-7-9-18(10-15)27-6/h7-11,13,19H,12,14H2,1-6H3,(H,22,23). The molecule has 6 nitrogen and oxygen atoms in total. The Bertz CT molecular complexity index is 771. The van der Waals surface area contributed by atoms with Gasteiger partial charge >= 0.3 is 0 Å². The molecule has 1 heterocycles. The van der Waals surface area contributed by atoms with Gasteiger partial charge in [0.25, 0.3) is 0 Å². The maximum Gasteiger partial charge on any atom is 0.193 e. The van der Waals surface area contributed by atoms with Crippen molar-refractivity contribution in [1.82, 2.24) is 19.7 Å². The third kappa shape index (κ3) is 5.65. The van der Waals surface area contributed by atoms with Crippen LogP contribution < -0.4 is 10.1 Å². The highest BCUT2D eigenvalue weighted by atomic mass is 35.5. The first-order chi connectivity index (χ1) is 12.8. The average molecular weight is 392 g/mol. The van der Waals surface area contributed by atoms with Crippen molar-refractivity contribution in [3.8, 4) is 5.75 Å². The molecule has 7 heteroatoms. The maximum absolute atomic E-state index is 6.09. The van der Waals surface area contributed by atoms with E-state index in [-0.39, 0.29) is 6.04 Å². The number of nitrogens with one attached hydrogen (secondary N) is 1. The number of rotatable bonds is 7. The van der Waals surface area contributed by atoms with Gasteiger partial charge < -0.3 is 24.4 Å². The molecule has 0 radical (unpaired) electrons. The van der Waals surface area contributed by atoms with Gasteiger partial charge in [0.15, 0.2) is 5.96 Å². The van der Waals surface area contributed by atoms with E-state index in [2.05, 4.69) is 46.3 Å². The van der Waals surface area contributed by atoms with E-state index < -0.39 is 0 Å². The Hall–Kier alpha value is -2.18. The van der Waals surface area contributed by atoms with E-state index in [4.69, 9.17) is 16.3 Å². The minimum Gasteiger partial charge on any atom is -0.497 e. The lowest BCUT2D eigenvalue weighted by Crippen LogP contribution is -2.42. The monoisotopic (exact) mass is 391 g/mol. The molecule has 1 atom stereocenters. The Morgan fingerprint density at radius 2 is 2.04 bits per heavy atom. The van der Waals surface area contributed by atoms with Crippen LogP contribution in [-0.2, 0) is 13.6 Å². The van der Waals surface area contributed by atoms with E-state index in [1.165, 1.54) is 5.56 Å². The summed E-state index contributed by atoms with van der Waals surface area (Å²) in [6.45, 7) is 1.44. The van der Waals surface area contributed by atoms with Crippen LogP contribution >= 0.6 is 11.6 Å². The van der Waals surface area contributed by atoms with Crippen molar-refractivity contribution in [1.29, 1.82) is 0 Å². The van der Waals surface area contributed by atoms with Crippen LogP contribution in [0, 0.1) is 0 Å². The predicted molar refractivity (Wildman–Crippen MR) is 113 cm³/mol. The van der Waals surface area contributed by atoms with E-state index in [0.29, 0.717) is 6.54 Å². The largest absolute Gasteiger partial charge is 0.497 e. The Kier molecular flexibility index (Phi) is 7.56. The lowest BCUT2D eigenvalue weighted by molar-refractivity contribution is 0.294. The molecule has 27 heavy (non-hydrogen) atoms. The number of hydrogen-bond donors (Lipinski definition) is 1. The molecule has 1 aromatic carbocycles. The summed E-state index contributed by atoms with van der Waals surface area (Å²) in [6, 6.07) is 10.3. The molecule has 0 saturated carbocycles. The average Bonchev–Trinajstić information content (AvgIpc) is 2.95. The Morgan fingerprint density at radius 1 is 1.30 bits per heavy atom. The van der Waals surface area contributed by atoms with E-state index in [0.717, 1.165) is 29.0 Å². The summed E-state index contributed by atoms with van der Waals surface area (Å²) in [5.41, 5.74) is 2.32. The Morgan fingerprint density at radius 3 is 2.59 bits per heavy atom. The number of aliphatic imine (C=N–C) groups is 1. The van der Waals surface area contributed by atoms with Gasteiger partial charge in [-0.1, -0.05) is 23.7 Å². The minimum atomic E-state index is 0.190. The van der Waals surface area contributed by atoms with Gasteiger partial charge in [-0.3, -0.25) is 4.99 Å². The molecule has 2 aromatic rings. The molecule has 0 aliphatic carbocycles. The second kappa shape index (κ2) is 9.67. The predicted octanol–water partition coefficient (Wildman–Crippen LogP) is 3.00. The molecule has 0 aliphatic heterocycles. The highest BCUT2D eigenvalue weighted by Crippen LogP contribution is 2.22. The summed E-state index contributed by atoms with van der Waals surface area (Å²) in [5.74, 6) is 1.70. The SMILES string of the molecule is CN=C(NCC(c1cccc(OC)c1)N(C)C)N(C)Cc1cc(Cl)cn1C. The molecule has 2 rings (SSSR count). The van der Waals surface area contributed by atoms with Crippen molar-refractivity contribution in [3.05, 3.63) is 52.8 Å². The van der Waals surface area contributed by atoms with Crippen molar-refractivity contribution in [2.24, 2.45) is 12.0 Å². The number of benzene rings is 1. The van der Waals surface area contributed by atoms with Gasteiger partial charge in [-0.2, -0.15) is 0 Å². The molecule has 1 unspecified atom stereocenters. The second-order valence-corrected chi connectivity index (χ2v) is 7.24. The molecule has 0 bridgehead atoms. The molecule has 0 spiro atoms. The van der Waals surface area contributed by atoms with Crippen LogP contribution in [0.25, 0.3) is 0 Å². The van der Waals surface area contributed by atoms with Crippen LogP contribution in [0.2, 0.25) is 5.02 Å². The first-order valence-electron chi connectivity index (χ1n) is 8.88. The van der Waals surface area contributed by atoms with E-state index >= 15 is 0 Å². The number of halogens is 1. The normalized spacial score (nSPS) is 13.0. The summed E-state index contributed by atoms with van der Waals surface area (Å²) < 4.78 is 7.40. The third-order valence-corrected chi connectivity index (χ3v) is 4.81. The Labute approximate surface area is 167 Å². The number of aryl methyl sites for hydroxylation is 1. The lowest BCUT2D eigenvalue weighted by atomic mass is 10.1. The highest BCUT2D eigenvalue weighted by molar-refractivity contribution is 6.30. The molecule has 148 valence electrons. The van der Waals surface area contributed by atoms with Crippen LogP contribution in [0.3, 0.4) is 0 Å². The van der Waals surface area contributed by atoms with E-state index in [1.54, 1.807) is 14.2 Å². The topological polar surface area (TPSA) is 45.0 Å². The number of guanidine groups is 1. The summed E-state index contributed by atoms with van der Waals surface area (Å²) in [7, 11) is 11.7. The van der Waals surface area contributed by atoms with Crippen LogP contribution in [0.15, 0.2) is 41.5 Å². The zero-order valence-electron chi connectivity index (χ0n) is 17.0. The fraction of sp³-hybridized carbons (Fsp3) is 0.450. The van der Waals surface area contributed by atoms with Gasteiger partial charge in [-0.15, -0.1) is 0 Å². The molecule has 1 N–H and O–H groups in total. The number of likely N-dealkylation sites (N-methyl/N-ethyl adjacent to an activating group) is 1. The van der Waals surface area contributed by atoms with Crippen molar-refractivity contribution in [2.45, 2.75) is 12.6 Å². The molecule has 0 fully saturated rings. The van der Waals surface area contributed by atoms with Gasteiger partial charge in [0.1, 0.15) is 5.75 Å². The van der Waals surface area contributed by atoms with Crippen molar-refractivity contribution < 1.29 is 4.74 Å². The molecule has 1 aromatic heterocycles. The third-order valence-electron chi connectivity index (χ3n) is 4.60. The number of nitrogens with zero attached hydrogens (tertiary/aromatic N) is 4. The molecule has 0 amide bonds. The second-order valence-electron chi connectivity index (χ2n) is 6.80. The highest BCUT2D eigenvalue weighted by Gasteiger charge is 2.17. The fourth-order valence-corrected chi connectivity index (χ4v) is 3.33. The summed E-state index contributed by atoms with van der Waals surface area (Å²) in [4.78, 5) is 8.70. The van der Waals surface area contributed by atoms with Crippen LogP contribution in [0.4, 0.5) is 0 Å².